The summed E-state index contributed by atoms with van der Waals surface area (Å²) in [6.07, 6.45) is 2.71. The fourth-order valence-corrected chi connectivity index (χ4v) is 2.66. The van der Waals surface area contributed by atoms with Crippen LogP contribution in [0.3, 0.4) is 0 Å². The van der Waals surface area contributed by atoms with E-state index in [0.29, 0.717) is 0 Å². The Morgan fingerprint density at radius 1 is 1.20 bits per heavy atom. The second kappa shape index (κ2) is 3.32. The summed E-state index contributed by atoms with van der Waals surface area (Å²) in [5.41, 5.74) is 7.87. The van der Waals surface area contributed by atoms with Crippen LogP contribution < -0.4 is 5.73 Å². The predicted octanol–water partition coefficient (Wildman–Crippen LogP) is 1.61. The van der Waals surface area contributed by atoms with Crippen molar-refractivity contribution in [2.45, 2.75) is 24.9 Å². The lowest BCUT2D eigenvalue weighted by atomic mass is 9.85. The fraction of sp³-hybridized carbons (Fsp3) is 0.538. The van der Waals surface area contributed by atoms with Gasteiger partial charge in [0, 0.05) is 25.2 Å². The van der Waals surface area contributed by atoms with Crippen LogP contribution in [-0.2, 0) is 6.54 Å². The van der Waals surface area contributed by atoms with Crippen molar-refractivity contribution in [3.05, 3.63) is 35.9 Å². The molecular weight excluding hydrogens is 184 g/mol. The summed E-state index contributed by atoms with van der Waals surface area (Å²) in [6.45, 7) is 3.24. The standard InChI is InChI=1S/C13H18N2/c14-13(12-6-7-12)9-15(10-13)8-11-4-2-1-3-5-11/h1-5,12H,6-10,14H2. The Morgan fingerprint density at radius 2 is 1.87 bits per heavy atom. The Balaban J connectivity index is 1.55. The normalized spacial score (nSPS) is 24.9. The van der Waals surface area contributed by atoms with Crippen molar-refractivity contribution in [3.63, 3.8) is 0 Å². The first-order chi connectivity index (χ1) is 7.26. The molecule has 1 aliphatic heterocycles. The molecule has 2 heteroatoms. The number of benzene rings is 1. The van der Waals surface area contributed by atoms with Crippen LogP contribution in [0.4, 0.5) is 0 Å². The Hall–Kier alpha value is -0.860. The molecule has 0 atom stereocenters. The van der Waals surface area contributed by atoms with Gasteiger partial charge in [0.05, 0.1) is 0 Å². The van der Waals surface area contributed by atoms with E-state index in [1.807, 2.05) is 0 Å². The molecule has 1 saturated carbocycles. The summed E-state index contributed by atoms with van der Waals surface area (Å²) in [7, 11) is 0. The first-order valence-electron chi connectivity index (χ1n) is 5.81. The summed E-state index contributed by atoms with van der Waals surface area (Å²) in [5.74, 6) is 0.824. The zero-order valence-corrected chi connectivity index (χ0v) is 9.02. The van der Waals surface area contributed by atoms with Gasteiger partial charge in [-0.2, -0.15) is 0 Å². The molecule has 1 aromatic rings. The molecular formula is C13H18N2. The van der Waals surface area contributed by atoms with E-state index in [0.717, 1.165) is 25.6 Å². The molecule has 15 heavy (non-hydrogen) atoms. The quantitative estimate of drug-likeness (QED) is 0.807. The van der Waals surface area contributed by atoms with E-state index < -0.39 is 0 Å². The van der Waals surface area contributed by atoms with Crippen molar-refractivity contribution < 1.29 is 0 Å². The van der Waals surface area contributed by atoms with E-state index in [4.69, 9.17) is 5.73 Å². The first-order valence-corrected chi connectivity index (χ1v) is 5.81. The Labute approximate surface area is 91.1 Å². The molecule has 2 aliphatic rings. The van der Waals surface area contributed by atoms with Gasteiger partial charge in [0.15, 0.2) is 0 Å². The summed E-state index contributed by atoms with van der Waals surface area (Å²) in [6, 6.07) is 10.6. The maximum atomic E-state index is 6.31. The SMILES string of the molecule is NC1(C2CC2)CN(Cc2ccccc2)C1. The number of nitrogens with zero attached hydrogens (tertiary/aromatic N) is 1. The third-order valence-corrected chi connectivity index (χ3v) is 3.68. The maximum absolute atomic E-state index is 6.31. The number of hydrogen-bond acceptors (Lipinski definition) is 2. The molecule has 1 aromatic carbocycles. The lowest BCUT2D eigenvalue weighted by molar-refractivity contribution is 0.0478. The lowest BCUT2D eigenvalue weighted by Crippen LogP contribution is -2.68. The molecule has 3 rings (SSSR count). The Kier molecular flexibility index (Phi) is 2.08. The van der Waals surface area contributed by atoms with Crippen molar-refractivity contribution >= 4 is 0 Å². The molecule has 0 unspecified atom stereocenters. The van der Waals surface area contributed by atoms with Crippen LogP contribution in [0.2, 0.25) is 0 Å². The number of likely N-dealkylation sites (tertiary alicyclic amines) is 1. The topological polar surface area (TPSA) is 29.3 Å². The highest BCUT2D eigenvalue weighted by atomic mass is 15.3. The van der Waals surface area contributed by atoms with Crippen LogP contribution >= 0.6 is 0 Å². The Bertz CT molecular complexity index is 337. The van der Waals surface area contributed by atoms with Gasteiger partial charge >= 0.3 is 0 Å². The third-order valence-electron chi connectivity index (χ3n) is 3.68. The average molecular weight is 202 g/mol. The lowest BCUT2D eigenvalue weighted by Gasteiger charge is -2.48. The molecule has 1 saturated heterocycles. The van der Waals surface area contributed by atoms with E-state index >= 15 is 0 Å². The van der Waals surface area contributed by atoms with E-state index in [2.05, 4.69) is 35.2 Å². The average Bonchev–Trinajstić information content (AvgIpc) is 3.00. The molecule has 2 fully saturated rings. The summed E-state index contributed by atoms with van der Waals surface area (Å²) in [4.78, 5) is 2.45. The highest BCUT2D eigenvalue weighted by Crippen LogP contribution is 2.43. The molecule has 2 nitrogen and oxygen atoms in total. The van der Waals surface area contributed by atoms with Gasteiger partial charge in [-0.05, 0) is 24.3 Å². The minimum atomic E-state index is 0.161. The van der Waals surface area contributed by atoms with E-state index in [1.54, 1.807) is 0 Å². The molecule has 1 heterocycles. The van der Waals surface area contributed by atoms with Gasteiger partial charge in [-0.25, -0.2) is 0 Å². The highest BCUT2D eigenvalue weighted by Gasteiger charge is 2.49. The summed E-state index contributed by atoms with van der Waals surface area (Å²) in [5, 5.41) is 0. The van der Waals surface area contributed by atoms with Gasteiger partial charge in [-0.1, -0.05) is 30.3 Å². The maximum Gasteiger partial charge on any atom is 0.0441 e. The molecule has 0 spiro atoms. The van der Waals surface area contributed by atoms with Crippen molar-refractivity contribution in [2.75, 3.05) is 13.1 Å². The molecule has 0 bridgehead atoms. The number of nitrogens with two attached hydrogens (primary N) is 1. The second-order valence-electron chi connectivity index (χ2n) is 5.14. The van der Waals surface area contributed by atoms with Crippen molar-refractivity contribution in [1.82, 2.24) is 4.90 Å². The van der Waals surface area contributed by atoms with Gasteiger partial charge in [-0.3, -0.25) is 4.90 Å². The second-order valence-corrected chi connectivity index (χ2v) is 5.14. The molecule has 80 valence electrons. The number of hydrogen-bond donors (Lipinski definition) is 1. The van der Waals surface area contributed by atoms with Crippen LogP contribution in [0.15, 0.2) is 30.3 Å². The van der Waals surface area contributed by atoms with Crippen LogP contribution in [0.1, 0.15) is 18.4 Å². The van der Waals surface area contributed by atoms with Crippen molar-refractivity contribution in [3.8, 4) is 0 Å². The van der Waals surface area contributed by atoms with Crippen LogP contribution in [0.25, 0.3) is 0 Å². The van der Waals surface area contributed by atoms with Crippen LogP contribution in [0, 0.1) is 5.92 Å². The van der Waals surface area contributed by atoms with E-state index in [-0.39, 0.29) is 5.54 Å². The van der Waals surface area contributed by atoms with Gasteiger partial charge in [0.1, 0.15) is 0 Å². The van der Waals surface area contributed by atoms with Crippen molar-refractivity contribution in [1.29, 1.82) is 0 Å². The van der Waals surface area contributed by atoms with Gasteiger partial charge in [0.2, 0.25) is 0 Å². The molecule has 0 radical (unpaired) electrons. The van der Waals surface area contributed by atoms with E-state index in [1.165, 1.54) is 18.4 Å². The highest BCUT2D eigenvalue weighted by molar-refractivity contribution is 5.17. The summed E-state index contributed by atoms with van der Waals surface area (Å²) < 4.78 is 0. The molecule has 0 amide bonds. The summed E-state index contributed by atoms with van der Waals surface area (Å²) >= 11 is 0. The number of rotatable bonds is 3. The molecule has 1 aliphatic carbocycles. The van der Waals surface area contributed by atoms with E-state index in [9.17, 15) is 0 Å². The van der Waals surface area contributed by atoms with Crippen molar-refractivity contribution in [2.24, 2.45) is 11.7 Å². The molecule has 0 aromatic heterocycles. The zero-order chi connectivity index (χ0) is 10.3. The largest absolute Gasteiger partial charge is 0.323 e. The fourth-order valence-electron chi connectivity index (χ4n) is 2.66. The van der Waals surface area contributed by atoms with Crippen LogP contribution in [0.5, 0.6) is 0 Å². The predicted molar refractivity (Wildman–Crippen MR) is 61.4 cm³/mol. The minimum Gasteiger partial charge on any atom is -0.323 e. The Morgan fingerprint density at radius 3 is 2.47 bits per heavy atom. The van der Waals surface area contributed by atoms with Gasteiger partial charge in [-0.15, -0.1) is 0 Å². The smallest absolute Gasteiger partial charge is 0.0441 e. The van der Waals surface area contributed by atoms with Gasteiger partial charge < -0.3 is 5.73 Å². The minimum absolute atomic E-state index is 0.161. The van der Waals surface area contributed by atoms with Crippen LogP contribution in [-0.4, -0.2) is 23.5 Å². The molecule has 2 N–H and O–H groups in total. The zero-order valence-electron chi connectivity index (χ0n) is 9.02. The first kappa shape index (κ1) is 9.37. The monoisotopic (exact) mass is 202 g/mol. The third kappa shape index (κ3) is 1.80. The van der Waals surface area contributed by atoms with Gasteiger partial charge in [0.25, 0.3) is 0 Å².